The number of hydrogen-bond acceptors (Lipinski definition) is 2. The molecule has 0 amide bonds. The zero-order valence-corrected chi connectivity index (χ0v) is 13.9. The quantitative estimate of drug-likeness (QED) is 0.574. The van der Waals surface area contributed by atoms with Crippen LogP contribution in [0.3, 0.4) is 0 Å². The molecular formula is C19H21NS. The Bertz CT molecular complexity index is 753. The van der Waals surface area contributed by atoms with Crippen LogP contribution in [0.4, 0.5) is 0 Å². The number of fused-ring (bicyclic) bond motifs is 1. The van der Waals surface area contributed by atoms with E-state index in [-0.39, 0.29) is 0 Å². The fourth-order valence-electron chi connectivity index (χ4n) is 2.47. The molecule has 0 fully saturated rings. The Balaban J connectivity index is 1.95. The van der Waals surface area contributed by atoms with Crippen molar-refractivity contribution in [3.8, 4) is 10.6 Å². The highest BCUT2D eigenvalue weighted by Gasteiger charge is 2.11. The Labute approximate surface area is 130 Å². The molecule has 0 saturated carbocycles. The molecule has 3 aromatic rings. The summed E-state index contributed by atoms with van der Waals surface area (Å²) in [7, 11) is 0. The Morgan fingerprint density at radius 3 is 2.33 bits per heavy atom. The molecule has 0 N–H and O–H groups in total. The first-order valence-corrected chi connectivity index (χ1v) is 8.34. The molecule has 2 heteroatoms. The van der Waals surface area contributed by atoms with Crippen LogP contribution in [0.1, 0.15) is 37.8 Å². The lowest BCUT2D eigenvalue weighted by Crippen LogP contribution is -2.01. The monoisotopic (exact) mass is 295 g/mol. The largest absolute Gasteiger partial charge is 0.236 e. The molecule has 1 heterocycles. The van der Waals surface area contributed by atoms with E-state index in [0.717, 1.165) is 10.5 Å². The van der Waals surface area contributed by atoms with Gasteiger partial charge in [0.1, 0.15) is 5.01 Å². The Kier molecular flexibility index (Phi) is 3.81. The molecule has 108 valence electrons. The van der Waals surface area contributed by atoms with E-state index in [0.29, 0.717) is 11.8 Å². The zero-order chi connectivity index (χ0) is 15.0. The molecule has 0 saturated heterocycles. The van der Waals surface area contributed by atoms with Crippen LogP contribution in [-0.4, -0.2) is 4.98 Å². The summed E-state index contributed by atoms with van der Waals surface area (Å²) in [6, 6.07) is 15.4. The van der Waals surface area contributed by atoms with Crippen LogP contribution < -0.4 is 0 Å². The van der Waals surface area contributed by atoms with Crippen LogP contribution in [0.25, 0.3) is 20.8 Å². The first-order chi connectivity index (χ1) is 10.0. The van der Waals surface area contributed by atoms with Crippen LogP contribution in [-0.2, 0) is 0 Å². The number of thiazole rings is 1. The molecule has 3 rings (SSSR count). The minimum atomic E-state index is 0.595. The summed E-state index contributed by atoms with van der Waals surface area (Å²) in [5.41, 5.74) is 5.01. The van der Waals surface area contributed by atoms with Gasteiger partial charge in [0.25, 0.3) is 0 Å². The van der Waals surface area contributed by atoms with Crippen LogP contribution in [0.5, 0.6) is 0 Å². The fraction of sp³-hybridized carbons (Fsp3) is 0.316. The molecule has 0 aliphatic heterocycles. The number of hydrogen-bond donors (Lipinski definition) is 0. The fourth-order valence-corrected chi connectivity index (χ4v) is 3.54. The highest BCUT2D eigenvalue weighted by atomic mass is 32.1. The van der Waals surface area contributed by atoms with E-state index in [1.165, 1.54) is 21.4 Å². The Morgan fingerprint density at radius 1 is 0.952 bits per heavy atom. The van der Waals surface area contributed by atoms with Gasteiger partial charge in [0.05, 0.1) is 10.2 Å². The molecule has 2 aromatic carbocycles. The van der Waals surface area contributed by atoms with E-state index >= 15 is 0 Å². The highest BCUT2D eigenvalue weighted by molar-refractivity contribution is 7.21. The first-order valence-electron chi connectivity index (χ1n) is 7.52. The summed E-state index contributed by atoms with van der Waals surface area (Å²) in [5, 5.41) is 1.11. The third kappa shape index (κ3) is 2.86. The predicted octanol–water partition coefficient (Wildman–Crippen LogP) is 6.03. The lowest BCUT2D eigenvalue weighted by atomic mass is 9.90. The molecule has 1 unspecified atom stereocenters. The number of aromatic nitrogens is 1. The van der Waals surface area contributed by atoms with Crippen molar-refractivity contribution in [1.29, 1.82) is 0 Å². The molecule has 0 aliphatic carbocycles. The average Bonchev–Trinajstić information content (AvgIpc) is 2.89. The van der Waals surface area contributed by atoms with Gasteiger partial charge in [0.2, 0.25) is 0 Å². The SMILES string of the molecule is Cc1ccc2nc(-c3ccc(C(C)C(C)C)cc3)sc2c1. The highest BCUT2D eigenvalue weighted by Crippen LogP contribution is 2.32. The number of nitrogens with zero attached hydrogens (tertiary/aromatic N) is 1. The van der Waals surface area contributed by atoms with Gasteiger partial charge >= 0.3 is 0 Å². The summed E-state index contributed by atoms with van der Waals surface area (Å²) in [5.74, 6) is 1.26. The summed E-state index contributed by atoms with van der Waals surface area (Å²) in [6.07, 6.45) is 0. The lowest BCUT2D eigenvalue weighted by Gasteiger charge is -2.15. The maximum Gasteiger partial charge on any atom is 0.124 e. The van der Waals surface area contributed by atoms with Gasteiger partial charge in [-0.2, -0.15) is 0 Å². The van der Waals surface area contributed by atoms with E-state index in [9.17, 15) is 0 Å². The Morgan fingerprint density at radius 2 is 1.67 bits per heavy atom. The maximum atomic E-state index is 4.75. The minimum Gasteiger partial charge on any atom is -0.236 e. The van der Waals surface area contributed by atoms with Gasteiger partial charge in [-0.25, -0.2) is 4.98 Å². The molecule has 21 heavy (non-hydrogen) atoms. The molecule has 0 bridgehead atoms. The number of aryl methyl sites for hydroxylation is 1. The minimum absolute atomic E-state index is 0.595. The van der Waals surface area contributed by atoms with Gasteiger partial charge in [-0.15, -0.1) is 11.3 Å². The van der Waals surface area contributed by atoms with E-state index in [4.69, 9.17) is 4.98 Å². The van der Waals surface area contributed by atoms with Crippen molar-refractivity contribution in [3.63, 3.8) is 0 Å². The van der Waals surface area contributed by atoms with Gasteiger partial charge in [-0.1, -0.05) is 51.1 Å². The van der Waals surface area contributed by atoms with Crippen LogP contribution in [0, 0.1) is 12.8 Å². The Hall–Kier alpha value is -1.67. The van der Waals surface area contributed by atoms with Crippen molar-refractivity contribution in [2.24, 2.45) is 5.92 Å². The van der Waals surface area contributed by atoms with Gasteiger partial charge in [0, 0.05) is 5.56 Å². The van der Waals surface area contributed by atoms with Gasteiger partial charge in [0.15, 0.2) is 0 Å². The van der Waals surface area contributed by atoms with Crippen molar-refractivity contribution in [2.75, 3.05) is 0 Å². The zero-order valence-electron chi connectivity index (χ0n) is 13.1. The van der Waals surface area contributed by atoms with Crippen molar-refractivity contribution >= 4 is 21.6 Å². The number of rotatable bonds is 3. The molecule has 1 nitrogen and oxygen atoms in total. The van der Waals surface area contributed by atoms with Gasteiger partial charge in [-0.05, 0) is 42.0 Å². The first kappa shape index (κ1) is 14.3. The van der Waals surface area contributed by atoms with Gasteiger partial charge < -0.3 is 0 Å². The van der Waals surface area contributed by atoms with E-state index in [2.05, 4.69) is 70.2 Å². The van der Waals surface area contributed by atoms with Gasteiger partial charge in [-0.3, -0.25) is 0 Å². The van der Waals surface area contributed by atoms with E-state index in [1.807, 2.05) is 0 Å². The smallest absolute Gasteiger partial charge is 0.124 e. The third-order valence-corrected chi connectivity index (χ3v) is 5.29. The maximum absolute atomic E-state index is 4.75. The molecule has 1 atom stereocenters. The van der Waals surface area contributed by atoms with Crippen LogP contribution in [0.15, 0.2) is 42.5 Å². The second-order valence-corrected chi connectivity index (χ2v) is 7.18. The van der Waals surface area contributed by atoms with Crippen molar-refractivity contribution in [1.82, 2.24) is 4.98 Å². The van der Waals surface area contributed by atoms with Crippen molar-refractivity contribution < 1.29 is 0 Å². The number of benzene rings is 2. The van der Waals surface area contributed by atoms with Crippen LogP contribution in [0.2, 0.25) is 0 Å². The summed E-state index contributed by atoms with van der Waals surface area (Å²) >= 11 is 1.77. The van der Waals surface area contributed by atoms with Crippen molar-refractivity contribution in [2.45, 2.75) is 33.6 Å². The topological polar surface area (TPSA) is 12.9 Å². The van der Waals surface area contributed by atoms with Crippen molar-refractivity contribution in [3.05, 3.63) is 53.6 Å². The average molecular weight is 295 g/mol. The molecule has 0 spiro atoms. The van der Waals surface area contributed by atoms with E-state index < -0.39 is 0 Å². The summed E-state index contributed by atoms with van der Waals surface area (Å²) in [4.78, 5) is 4.75. The normalized spacial score (nSPS) is 13.0. The molecular weight excluding hydrogens is 274 g/mol. The molecule has 0 aliphatic rings. The van der Waals surface area contributed by atoms with Crippen LogP contribution >= 0.6 is 11.3 Å². The predicted molar refractivity (Wildman–Crippen MR) is 93.0 cm³/mol. The third-order valence-electron chi connectivity index (χ3n) is 4.23. The second-order valence-electron chi connectivity index (χ2n) is 6.14. The standard InChI is InChI=1S/C19H21NS/c1-12(2)14(4)15-6-8-16(9-7-15)19-20-17-10-5-13(3)11-18(17)21-19/h5-12,14H,1-4H3. The second kappa shape index (κ2) is 5.61. The molecule has 1 aromatic heterocycles. The summed E-state index contributed by atoms with van der Waals surface area (Å²) < 4.78 is 1.27. The summed E-state index contributed by atoms with van der Waals surface area (Å²) in [6.45, 7) is 8.96. The lowest BCUT2D eigenvalue weighted by molar-refractivity contribution is 0.535. The van der Waals surface area contributed by atoms with E-state index in [1.54, 1.807) is 11.3 Å². The molecule has 0 radical (unpaired) electrons.